The fourth-order valence-electron chi connectivity index (χ4n) is 3.42. The van der Waals surface area contributed by atoms with Gasteiger partial charge in [-0.1, -0.05) is 0 Å². The largest absolute Gasteiger partial charge is 0.450 e. The van der Waals surface area contributed by atoms with Crippen LogP contribution in [0.4, 0.5) is 4.79 Å². The molecule has 0 saturated carbocycles. The fourth-order valence-corrected chi connectivity index (χ4v) is 3.42. The van der Waals surface area contributed by atoms with Crippen molar-refractivity contribution in [2.75, 3.05) is 73.7 Å². The van der Waals surface area contributed by atoms with E-state index in [0.29, 0.717) is 19.7 Å². The van der Waals surface area contributed by atoms with Gasteiger partial charge in [-0.25, -0.2) is 4.79 Å². The Hall–Kier alpha value is -1.54. The van der Waals surface area contributed by atoms with Gasteiger partial charge in [-0.15, -0.1) is 0 Å². The summed E-state index contributed by atoms with van der Waals surface area (Å²) in [5, 5.41) is 3.54. The molecule has 2 fully saturated rings. The Morgan fingerprint density at radius 3 is 2.32 bits per heavy atom. The van der Waals surface area contributed by atoms with Crippen LogP contribution < -0.4 is 5.32 Å². The average Bonchev–Trinajstić information content (AvgIpc) is 2.63. The molecule has 25 heavy (non-hydrogen) atoms. The molecule has 0 aliphatic carbocycles. The molecule has 1 N–H and O–H groups in total. The van der Waals surface area contributed by atoms with Crippen LogP contribution in [0, 0.1) is 0 Å². The summed E-state index contributed by atoms with van der Waals surface area (Å²) in [6.45, 7) is 7.53. The summed E-state index contributed by atoms with van der Waals surface area (Å²) in [5.41, 5.74) is 0.0982. The number of piperazine rings is 1. The molecule has 0 bridgehead atoms. The molecule has 1 amide bonds. The monoisotopic (exact) mass is 355 g/mol. The van der Waals surface area contributed by atoms with Crippen molar-refractivity contribution in [3.05, 3.63) is 0 Å². The van der Waals surface area contributed by atoms with E-state index in [9.17, 15) is 4.79 Å². The maximum Gasteiger partial charge on any atom is 0.409 e. The topological polar surface area (TPSA) is 69.6 Å². The van der Waals surface area contributed by atoms with E-state index in [-0.39, 0.29) is 11.6 Å². The number of ether oxygens (including phenoxy) is 2. The molecule has 2 rings (SSSR count). The van der Waals surface area contributed by atoms with Crippen molar-refractivity contribution in [1.82, 2.24) is 20.0 Å². The number of carbonyl (C=O) groups is 1. The summed E-state index contributed by atoms with van der Waals surface area (Å²) in [7, 11) is 6.08. The lowest BCUT2D eigenvalue weighted by Crippen LogP contribution is -2.59. The van der Waals surface area contributed by atoms with Crippen LogP contribution in [-0.2, 0) is 9.47 Å². The summed E-state index contributed by atoms with van der Waals surface area (Å²) >= 11 is 0. The number of carbonyl (C=O) groups excluding carboxylic acids is 1. The third-order valence-electron chi connectivity index (χ3n) is 5.26. The average molecular weight is 355 g/mol. The molecule has 2 aliphatic heterocycles. The first-order chi connectivity index (χ1) is 12.0. The highest BCUT2D eigenvalue weighted by Crippen LogP contribution is 2.25. The second-order valence-corrected chi connectivity index (χ2v) is 6.80. The van der Waals surface area contributed by atoms with Gasteiger partial charge in [0.15, 0.2) is 5.96 Å². The highest BCUT2D eigenvalue weighted by molar-refractivity contribution is 5.80. The van der Waals surface area contributed by atoms with E-state index in [1.807, 2.05) is 14.0 Å². The Balaban J connectivity index is 1.87. The second kappa shape index (κ2) is 9.24. The van der Waals surface area contributed by atoms with Crippen LogP contribution in [0.3, 0.4) is 0 Å². The number of nitrogens with zero attached hydrogens (tertiary/aromatic N) is 4. The van der Waals surface area contributed by atoms with Gasteiger partial charge in [-0.05, 0) is 33.9 Å². The molecule has 0 unspecified atom stereocenters. The van der Waals surface area contributed by atoms with Gasteiger partial charge in [-0.3, -0.25) is 4.99 Å². The first kappa shape index (κ1) is 19.8. The highest BCUT2D eigenvalue weighted by atomic mass is 16.6. The van der Waals surface area contributed by atoms with E-state index in [2.05, 4.69) is 34.2 Å². The highest BCUT2D eigenvalue weighted by Gasteiger charge is 2.35. The van der Waals surface area contributed by atoms with E-state index >= 15 is 0 Å². The van der Waals surface area contributed by atoms with Gasteiger partial charge in [0, 0.05) is 58.5 Å². The Labute approximate surface area is 151 Å². The minimum absolute atomic E-state index is 0.0982. The predicted molar refractivity (Wildman–Crippen MR) is 98.0 cm³/mol. The maximum atomic E-state index is 11.8. The lowest BCUT2D eigenvalue weighted by Gasteiger charge is -2.44. The van der Waals surface area contributed by atoms with Gasteiger partial charge in [0.25, 0.3) is 0 Å². The van der Waals surface area contributed by atoms with E-state index < -0.39 is 0 Å². The molecule has 2 saturated heterocycles. The number of hydrogen-bond donors (Lipinski definition) is 1. The molecule has 2 aliphatic rings. The maximum absolute atomic E-state index is 11.8. The quantitative estimate of drug-likeness (QED) is 0.583. The summed E-state index contributed by atoms with van der Waals surface area (Å²) in [6, 6.07) is 0. The van der Waals surface area contributed by atoms with Crippen molar-refractivity contribution in [2.45, 2.75) is 25.3 Å². The third-order valence-corrected chi connectivity index (χ3v) is 5.26. The Morgan fingerprint density at radius 2 is 1.80 bits per heavy atom. The van der Waals surface area contributed by atoms with Crippen LogP contribution in [0.5, 0.6) is 0 Å². The van der Waals surface area contributed by atoms with E-state index in [1.54, 1.807) is 4.90 Å². The van der Waals surface area contributed by atoms with Gasteiger partial charge >= 0.3 is 6.09 Å². The normalized spacial score (nSPS) is 21.4. The fraction of sp³-hybridized carbons (Fsp3) is 0.882. The van der Waals surface area contributed by atoms with Crippen molar-refractivity contribution >= 4 is 12.1 Å². The van der Waals surface area contributed by atoms with Crippen molar-refractivity contribution in [3.8, 4) is 0 Å². The second-order valence-electron chi connectivity index (χ2n) is 6.80. The summed E-state index contributed by atoms with van der Waals surface area (Å²) in [4.78, 5) is 22.5. The smallest absolute Gasteiger partial charge is 0.409 e. The molecular formula is C17H33N5O3. The molecule has 0 radical (unpaired) electrons. The minimum atomic E-state index is -0.223. The van der Waals surface area contributed by atoms with Crippen molar-refractivity contribution in [3.63, 3.8) is 0 Å². The molecule has 0 aromatic carbocycles. The summed E-state index contributed by atoms with van der Waals surface area (Å²) in [6.07, 6.45) is 1.81. The summed E-state index contributed by atoms with van der Waals surface area (Å²) in [5.74, 6) is 0.899. The van der Waals surface area contributed by atoms with Gasteiger partial charge in [0.05, 0.1) is 6.61 Å². The summed E-state index contributed by atoms with van der Waals surface area (Å²) < 4.78 is 10.6. The number of rotatable bonds is 4. The molecule has 0 spiro atoms. The number of guanidine groups is 1. The lowest BCUT2D eigenvalue weighted by atomic mass is 9.88. The Kier molecular flexibility index (Phi) is 7.31. The van der Waals surface area contributed by atoms with Crippen LogP contribution in [0.1, 0.15) is 19.8 Å². The molecule has 144 valence electrons. The van der Waals surface area contributed by atoms with Crippen molar-refractivity contribution in [2.24, 2.45) is 4.99 Å². The van der Waals surface area contributed by atoms with E-state index in [1.165, 1.54) is 0 Å². The number of amides is 1. The molecule has 0 aromatic rings. The van der Waals surface area contributed by atoms with Crippen molar-refractivity contribution in [1.29, 1.82) is 0 Å². The van der Waals surface area contributed by atoms with E-state index in [4.69, 9.17) is 9.47 Å². The zero-order chi connectivity index (χ0) is 18.3. The first-order valence-corrected chi connectivity index (χ1v) is 9.15. The molecule has 8 nitrogen and oxygen atoms in total. The van der Waals surface area contributed by atoms with Crippen LogP contribution >= 0.6 is 0 Å². The van der Waals surface area contributed by atoms with E-state index in [0.717, 1.165) is 51.6 Å². The minimum Gasteiger partial charge on any atom is -0.450 e. The molecule has 0 atom stereocenters. The van der Waals surface area contributed by atoms with Crippen molar-refractivity contribution < 1.29 is 14.3 Å². The molecular weight excluding hydrogens is 322 g/mol. The molecule has 0 aromatic heterocycles. The number of nitrogens with one attached hydrogen (secondary N) is 1. The zero-order valence-electron chi connectivity index (χ0n) is 16.1. The van der Waals surface area contributed by atoms with Crippen LogP contribution in [0.25, 0.3) is 0 Å². The first-order valence-electron chi connectivity index (χ1n) is 9.15. The Bertz CT molecular complexity index is 455. The van der Waals surface area contributed by atoms with Gasteiger partial charge in [0.2, 0.25) is 0 Å². The molecule has 2 heterocycles. The van der Waals surface area contributed by atoms with Crippen LogP contribution in [0.15, 0.2) is 4.99 Å². The zero-order valence-corrected chi connectivity index (χ0v) is 16.1. The predicted octanol–water partition coefficient (Wildman–Crippen LogP) is 0.447. The standard InChI is InChI=1S/C17H33N5O3/c1-5-25-16(23)22-10-8-21(9-11-22)15(18-2)19-14-17(20(3)4)6-12-24-13-7-17/h5-14H2,1-4H3,(H,18,19). The van der Waals surface area contributed by atoms with Crippen LogP contribution in [-0.4, -0.2) is 106 Å². The Morgan fingerprint density at radius 1 is 1.20 bits per heavy atom. The van der Waals surface area contributed by atoms with Gasteiger partial charge in [-0.2, -0.15) is 0 Å². The molecule has 8 heteroatoms. The number of aliphatic imine (C=N–C) groups is 1. The third kappa shape index (κ3) is 4.98. The lowest BCUT2D eigenvalue weighted by molar-refractivity contribution is -0.00534. The van der Waals surface area contributed by atoms with Gasteiger partial charge < -0.3 is 29.5 Å². The van der Waals surface area contributed by atoms with Gasteiger partial charge in [0.1, 0.15) is 0 Å². The number of likely N-dealkylation sites (N-methyl/N-ethyl adjacent to an activating group) is 1. The SMILES string of the molecule is CCOC(=O)N1CCN(C(=NC)NCC2(N(C)C)CCOCC2)CC1. The number of hydrogen-bond acceptors (Lipinski definition) is 5. The van der Waals surface area contributed by atoms with Crippen LogP contribution in [0.2, 0.25) is 0 Å².